The molecule has 108 valence electrons. The van der Waals surface area contributed by atoms with Gasteiger partial charge in [-0.15, -0.1) is 0 Å². The molecule has 1 rings (SSSR count). The third-order valence-electron chi connectivity index (χ3n) is 3.20. The Labute approximate surface area is 124 Å². The molecule has 0 aliphatic heterocycles. The molecule has 0 saturated heterocycles. The minimum absolute atomic E-state index is 0.223. The highest BCUT2D eigenvalue weighted by Gasteiger charge is 2.15. The monoisotopic (exact) mass is 347 g/mol. The van der Waals surface area contributed by atoms with Crippen LogP contribution in [0.25, 0.3) is 0 Å². The summed E-state index contributed by atoms with van der Waals surface area (Å²) in [6.45, 7) is 5.47. The number of halogens is 1. The standard InChI is InChI=1S/C14H22BrNO2S/c1-3-16-11-13(9-10-19(17,18)4-2)12-5-7-14(15)8-6-12/h5-8,13,16H,3-4,9-11H2,1-2H3. The van der Waals surface area contributed by atoms with Crippen LogP contribution in [0, 0.1) is 0 Å². The lowest BCUT2D eigenvalue weighted by molar-refractivity contribution is 0.564. The summed E-state index contributed by atoms with van der Waals surface area (Å²) in [5, 5.41) is 3.31. The topological polar surface area (TPSA) is 46.2 Å². The molecular weight excluding hydrogens is 326 g/mol. The number of sulfone groups is 1. The van der Waals surface area contributed by atoms with Crippen LogP contribution in [0.1, 0.15) is 31.7 Å². The summed E-state index contributed by atoms with van der Waals surface area (Å²) in [6.07, 6.45) is 0.671. The van der Waals surface area contributed by atoms with E-state index in [1.54, 1.807) is 6.92 Å². The number of hydrogen-bond donors (Lipinski definition) is 1. The lowest BCUT2D eigenvalue weighted by Gasteiger charge is -2.18. The van der Waals surface area contributed by atoms with Gasteiger partial charge in [-0.1, -0.05) is 41.9 Å². The van der Waals surface area contributed by atoms with E-state index in [1.165, 1.54) is 5.56 Å². The predicted molar refractivity (Wildman–Crippen MR) is 84.4 cm³/mol. The zero-order valence-electron chi connectivity index (χ0n) is 11.5. The van der Waals surface area contributed by atoms with Crippen molar-refractivity contribution in [2.45, 2.75) is 26.2 Å². The van der Waals surface area contributed by atoms with Gasteiger partial charge in [0.1, 0.15) is 9.84 Å². The van der Waals surface area contributed by atoms with Gasteiger partial charge in [-0.2, -0.15) is 0 Å². The molecule has 0 bridgehead atoms. The number of nitrogens with one attached hydrogen (secondary N) is 1. The van der Waals surface area contributed by atoms with Gasteiger partial charge in [-0.3, -0.25) is 0 Å². The van der Waals surface area contributed by atoms with Crippen molar-refractivity contribution in [2.75, 3.05) is 24.6 Å². The number of rotatable bonds is 8. The first-order chi connectivity index (χ1) is 8.98. The second-order valence-electron chi connectivity index (χ2n) is 4.58. The second kappa shape index (κ2) is 8.02. The largest absolute Gasteiger partial charge is 0.316 e. The molecule has 0 radical (unpaired) electrons. The van der Waals surface area contributed by atoms with E-state index in [2.05, 4.69) is 40.3 Å². The van der Waals surface area contributed by atoms with E-state index in [0.717, 1.165) is 17.6 Å². The summed E-state index contributed by atoms with van der Waals surface area (Å²) in [6, 6.07) is 8.13. The van der Waals surface area contributed by atoms with E-state index >= 15 is 0 Å². The zero-order valence-corrected chi connectivity index (χ0v) is 13.9. The minimum atomic E-state index is -2.89. The predicted octanol–water partition coefficient (Wildman–Crippen LogP) is 2.97. The van der Waals surface area contributed by atoms with Crippen LogP contribution in [-0.4, -0.2) is 33.0 Å². The molecule has 0 heterocycles. The van der Waals surface area contributed by atoms with Crippen LogP contribution in [0.5, 0.6) is 0 Å². The molecule has 1 atom stereocenters. The van der Waals surface area contributed by atoms with Crippen molar-refractivity contribution >= 4 is 25.8 Å². The maximum absolute atomic E-state index is 11.6. The smallest absolute Gasteiger partial charge is 0.150 e. The first-order valence-electron chi connectivity index (χ1n) is 6.65. The fourth-order valence-corrected chi connectivity index (χ4v) is 3.10. The molecule has 0 spiro atoms. The van der Waals surface area contributed by atoms with Crippen LogP contribution in [0.15, 0.2) is 28.7 Å². The molecular formula is C14H22BrNO2S. The quantitative estimate of drug-likeness (QED) is 0.786. The number of benzene rings is 1. The van der Waals surface area contributed by atoms with Crippen molar-refractivity contribution in [3.8, 4) is 0 Å². The molecule has 1 aromatic rings. The third kappa shape index (κ3) is 6.06. The molecule has 0 aliphatic carbocycles. The number of hydrogen-bond acceptors (Lipinski definition) is 3. The molecule has 0 fully saturated rings. The Morgan fingerprint density at radius 3 is 2.37 bits per heavy atom. The molecule has 3 nitrogen and oxygen atoms in total. The lowest BCUT2D eigenvalue weighted by Crippen LogP contribution is -2.23. The van der Waals surface area contributed by atoms with Crippen LogP contribution < -0.4 is 5.32 Å². The average Bonchev–Trinajstić information content (AvgIpc) is 2.40. The highest BCUT2D eigenvalue weighted by Crippen LogP contribution is 2.22. The van der Waals surface area contributed by atoms with Gasteiger partial charge in [-0.05, 0) is 36.6 Å². The molecule has 0 amide bonds. The Balaban J connectivity index is 2.74. The summed E-state index contributed by atoms with van der Waals surface area (Å²) >= 11 is 3.42. The highest BCUT2D eigenvalue weighted by molar-refractivity contribution is 9.10. The highest BCUT2D eigenvalue weighted by atomic mass is 79.9. The molecule has 19 heavy (non-hydrogen) atoms. The molecule has 1 aromatic carbocycles. The Hall–Kier alpha value is -0.390. The minimum Gasteiger partial charge on any atom is -0.316 e. The molecule has 5 heteroatoms. The van der Waals surface area contributed by atoms with Gasteiger partial charge in [0.15, 0.2) is 0 Å². The maximum atomic E-state index is 11.6. The first kappa shape index (κ1) is 16.7. The fourth-order valence-electron chi connectivity index (χ4n) is 1.91. The summed E-state index contributed by atoms with van der Waals surface area (Å²) < 4.78 is 24.3. The van der Waals surface area contributed by atoms with Gasteiger partial charge >= 0.3 is 0 Å². The van der Waals surface area contributed by atoms with Crippen molar-refractivity contribution in [3.05, 3.63) is 34.3 Å². The normalized spacial score (nSPS) is 13.4. The molecule has 1 N–H and O–H groups in total. The van der Waals surface area contributed by atoms with E-state index in [1.807, 2.05) is 12.1 Å². The molecule has 1 unspecified atom stereocenters. The fraction of sp³-hybridized carbons (Fsp3) is 0.571. The van der Waals surface area contributed by atoms with Gasteiger partial charge in [0, 0.05) is 16.8 Å². The van der Waals surface area contributed by atoms with Gasteiger partial charge < -0.3 is 5.32 Å². The van der Waals surface area contributed by atoms with Crippen LogP contribution in [0.4, 0.5) is 0 Å². The van der Waals surface area contributed by atoms with E-state index in [0.29, 0.717) is 6.42 Å². The van der Waals surface area contributed by atoms with Crippen molar-refractivity contribution in [1.29, 1.82) is 0 Å². The summed E-state index contributed by atoms with van der Waals surface area (Å²) in [4.78, 5) is 0. The maximum Gasteiger partial charge on any atom is 0.150 e. The Kier molecular flexibility index (Phi) is 7.04. The van der Waals surface area contributed by atoms with E-state index in [9.17, 15) is 8.42 Å². The molecule has 0 aromatic heterocycles. The van der Waals surface area contributed by atoms with E-state index in [-0.39, 0.29) is 17.4 Å². The van der Waals surface area contributed by atoms with Crippen LogP contribution >= 0.6 is 15.9 Å². The van der Waals surface area contributed by atoms with Crippen LogP contribution in [0.2, 0.25) is 0 Å². The van der Waals surface area contributed by atoms with E-state index in [4.69, 9.17) is 0 Å². The second-order valence-corrected chi connectivity index (χ2v) is 7.97. The summed E-state index contributed by atoms with van der Waals surface area (Å²) in [5.41, 5.74) is 1.19. The lowest BCUT2D eigenvalue weighted by atomic mass is 9.96. The Morgan fingerprint density at radius 2 is 1.84 bits per heavy atom. The average molecular weight is 348 g/mol. The van der Waals surface area contributed by atoms with Crippen LogP contribution in [0.3, 0.4) is 0 Å². The Morgan fingerprint density at radius 1 is 1.21 bits per heavy atom. The van der Waals surface area contributed by atoms with Gasteiger partial charge in [0.05, 0.1) is 5.75 Å². The third-order valence-corrected chi connectivity index (χ3v) is 5.47. The molecule has 0 aliphatic rings. The Bertz CT molecular complexity index is 471. The molecule has 0 saturated carbocycles. The summed E-state index contributed by atoms with van der Waals surface area (Å²) in [5.74, 6) is 0.728. The number of likely N-dealkylation sites (N-methyl/N-ethyl adjacent to an activating group) is 1. The zero-order chi connectivity index (χ0) is 14.3. The van der Waals surface area contributed by atoms with Crippen molar-refractivity contribution in [3.63, 3.8) is 0 Å². The van der Waals surface area contributed by atoms with Gasteiger partial charge in [-0.25, -0.2) is 8.42 Å². The van der Waals surface area contributed by atoms with Crippen molar-refractivity contribution < 1.29 is 8.42 Å². The SMILES string of the molecule is CCNCC(CCS(=O)(=O)CC)c1ccc(Br)cc1. The van der Waals surface area contributed by atoms with E-state index < -0.39 is 9.84 Å². The van der Waals surface area contributed by atoms with Crippen molar-refractivity contribution in [2.24, 2.45) is 0 Å². The van der Waals surface area contributed by atoms with Gasteiger partial charge in [0.2, 0.25) is 0 Å². The van der Waals surface area contributed by atoms with Crippen molar-refractivity contribution in [1.82, 2.24) is 5.32 Å². The van der Waals surface area contributed by atoms with Crippen LogP contribution in [-0.2, 0) is 9.84 Å². The summed E-state index contributed by atoms with van der Waals surface area (Å²) in [7, 11) is -2.89. The van der Waals surface area contributed by atoms with Gasteiger partial charge in [0.25, 0.3) is 0 Å². The first-order valence-corrected chi connectivity index (χ1v) is 9.26.